The van der Waals surface area contributed by atoms with Gasteiger partial charge in [-0.3, -0.25) is 0 Å². The minimum atomic E-state index is 0.837. The third-order valence-electron chi connectivity index (χ3n) is 6.52. The first-order chi connectivity index (χ1) is 16.3. The summed E-state index contributed by atoms with van der Waals surface area (Å²) in [5.41, 5.74) is 2.71. The van der Waals surface area contributed by atoms with Crippen LogP contribution in [0.1, 0.15) is 121 Å². The van der Waals surface area contributed by atoms with Gasteiger partial charge in [0.1, 0.15) is 5.75 Å². The Morgan fingerprint density at radius 3 is 1.67 bits per heavy atom. The molecule has 0 amide bonds. The van der Waals surface area contributed by atoms with Crippen molar-refractivity contribution >= 4 is 22.6 Å². The van der Waals surface area contributed by atoms with Gasteiger partial charge in [-0.15, -0.1) is 0 Å². The van der Waals surface area contributed by atoms with Crippen molar-refractivity contribution in [3.05, 3.63) is 63.2 Å². The SMILES string of the molecule is CCCCCCCCCCCCCCCCCCOc1ccc(I)c(Cc2ccccc2)c1. The lowest BCUT2D eigenvalue weighted by atomic mass is 10.0. The molecule has 0 spiro atoms. The number of benzene rings is 2. The van der Waals surface area contributed by atoms with E-state index < -0.39 is 0 Å². The van der Waals surface area contributed by atoms with Crippen molar-refractivity contribution < 1.29 is 4.74 Å². The van der Waals surface area contributed by atoms with Gasteiger partial charge in [0.2, 0.25) is 0 Å². The minimum Gasteiger partial charge on any atom is -0.494 e. The van der Waals surface area contributed by atoms with Crippen molar-refractivity contribution in [2.75, 3.05) is 6.61 Å². The van der Waals surface area contributed by atoms with Gasteiger partial charge in [-0.25, -0.2) is 0 Å². The molecule has 184 valence electrons. The maximum absolute atomic E-state index is 6.06. The molecule has 0 radical (unpaired) electrons. The van der Waals surface area contributed by atoms with E-state index in [-0.39, 0.29) is 0 Å². The van der Waals surface area contributed by atoms with Crippen LogP contribution in [0, 0.1) is 3.57 Å². The molecule has 2 aromatic carbocycles. The highest BCUT2D eigenvalue weighted by Crippen LogP contribution is 2.23. The number of hydrogen-bond acceptors (Lipinski definition) is 1. The smallest absolute Gasteiger partial charge is 0.119 e. The first-order valence-electron chi connectivity index (χ1n) is 13.7. The molecule has 0 saturated carbocycles. The van der Waals surface area contributed by atoms with Crippen LogP contribution in [0.2, 0.25) is 0 Å². The largest absolute Gasteiger partial charge is 0.494 e. The fourth-order valence-electron chi connectivity index (χ4n) is 4.43. The molecule has 0 saturated heterocycles. The summed E-state index contributed by atoms with van der Waals surface area (Å²) < 4.78 is 7.37. The van der Waals surface area contributed by atoms with Gasteiger partial charge in [0.25, 0.3) is 0 Å². The van der Waals surface area contributed by atoms with E-state index in [9.17, 15) is 0 Å². The van der Waals surface area contributed by atoms with Gasteiger partial charge in [0, 0.05) is 3.57 Å². The molecule has 0 unspecified atom stereocenters. The maximum Gasteiger partial charge on any atom is 0.119 e. The van der Waals surface area contributed by atoms with Crippen molar-refractivity contribution in [1.29, 1.82) is 0 Å². The van der Waals surface area contributed by atoms with Gasteiger partial charge >= 0.3 is 0 Å². The van der Waals surface area contributed by atoms with E-state index in [1.165, 1.54) is 111 Å². The zero-order chi connectivity index (χ0) is 23.4. The molecule has 2 aromatic rings. The lowest BCUT2D eigenvalue weighted by molar-refractivity contribution is 0.304. The molecular formula is C31H47IO. The van der Waals surface area contributed by atoms with Gasteiger partial charge < -0.3 is 4.74 Å². The molecule has 0 N–H and O–H groups in total. The predicted octanol–water partition coefficient (Wildman–Crippen LogP) is 10.5. The number of rotatable bonds is 20. The summed E-state index contributed by atoms with van der Waals surface area (Å²) in [6.45, 7) is 3.13. The zero-order valence-electron chi connectivity index (χ0n) is 21.1. The lowest BCUT2D eigenvalue weighted by Gasteiger charge is -2.10. The third-order valence-corrected chi connectivity index (χ3v) is 7.57. The summed E-state index contributed by atoms with van der Waals surface area (Å²) >= 11 is 2.43. The summed E-state index contributed by atoms with van der Waals surface area (Å²) in [5.74, 6) is 1.02. The summed E-state index contributed by atoms with van der Waals surface area (Å²) in [4.78, 5) is 0. The molecule has 0 aromatic heterocycles. The maximum atomic E-state index is 6.06. The van der Waals surface area contributed by atoms with Gasteiger partial charge in [-0.05, 0) is 64.8 Å². The second-order valence-corrected chi connectivity index (χ2v) is 10.7. The Balaban J connectivity index is 1.42. The molecule has 0 bridgehead atoms. The fourth-order valence-corrected chi connectivity index (χ4v) is 4.96. The van der Waals surface area contributed by atoms with Crippen LogP contribution in [0.3, 0.4) is 0 Å². The fraction of sp³-hybridized carbons (Fsp3) is 0.613. The Morgan fingerprint density at radius 2 is 1.12 bits per heavy atom. The molecule has 0 fully saturated rings. The quantitative estimate of drug-likeness (QED) is 0.115. The van der Waals surface area contributed by atoms with Crippen LogP contribution in [0.4, 0.5) is 0 Å². The molecule has 33 heavy (non-hydrogen) atoms. The second-order valence-electron chi connectivity index (χ2n) is 9.57. The van der Waals surface area contributed by atoms with Crippen molar-refractivity contribution in [2.24, 2.45) is 0 Å². The monoisotopic (exact) mass is 562 g/mol. The van der Waals surface area contributed by atoms with Crippen LogP contribution in [0.25, 0.3) is 0 Å². The highest BCUT2D eigenvalue weighted by Gasteiger charge is 2.04. The highest BCUT2D eigenvalue weighted by atomic mass is 127. The number of unbranched alkanes of at least 4 members (excludes halogenated alkanes) is 15. The van der Waals surface area contributed by atoms with Gasteiger partial charge in [-0.1, -0.05) is 134 Å². The van der Waals surface area contributed by atoms with Crippen molar-refractivity contribution in [3.63, 3.8) is 0 Å². The van der Waals surface area contributed by atoms with Crippen molar-refractivity contribution in [2.45, 2.75) is 116 Å². The Labute approximate surface area is 218 Å². The third kappa shape index (κ3) is 14.1. The first kappa shape index (κ1) is 28.2. The summed E-state index contributed by atoms with van der Waals surface area (Å²) in [5, 5.41) is 0. The van der Waals surface area contributed by atoms with Gasteiger partial charge in [-0.2, -0.15) is 0 Å². The molecular weight excluding hydrogens is 515 g/mol. The molecule has 1 nitrogen and oxygen atoms in total. The zero-order valence-corrected chi connectivity index (χ0v) is 23.3. The molecule has 0 aliphatic carbocycles. The van der Waals surface area contributed by atoms with E-state index >= 15 is 0 Å². The average Bonchev–Trinajstić information content (AvgIpc) is 2.83. The Kier molecular flexibility index (Phi) is 16.5. The average molecular weight is 563 g/mol. The van der Waals surface area contributed by atoms with E-state index in [0.29, 0.717) is 0 Å². The Bertz CT molecular complexity index is 712. The van der Waals surface area contributed by atoms with E-state index in [2.05, 4.69) is 78.0 Å². The first-order valence-corrected chi connectivity index (χ1v) is 14.8. The number of hydrogen-bond donors (Lipinski definition) is 0. The normalized spacial score (nSPS) is 11.1. The van der Waals surface area contributed by atoms with Crippen LogP contribution in [-0.4, -0.2) is 6.61 Å². The topological polar surface area (TPSA) is 9.23 Å². The second kappa shape index (κ2) is 19.3. The Morgan fingerprint density at radius 1 is 0.606 bits per heavy atom. The van der Waals surface area contributed by atoms with Crippen LogP contribution in [0.5, 0.6) is 5.75 Å². The summed E-state index contributed by atoms with van der Waals surface area (Å²) in [6, 6.07) is 17.2. The van der Waals surface area contributed by atoms with Gasteiger partial charge in [0.05, 0.1) is 6.61 Å². The van der Waals surface area contributed by atoms with Crippen LogP contribution in [0.15, 0.2) is 48.5 Å². The highest BCUT2D eigenvalue weighted by molar-refractivity contribution is 14.1. The van der Waals surface area contributed by atoms with Crippen LogP contribution in [-0.2, 0) is 6.42 Å². The van der Waals surface area contributed by atoms with Crippen molar-refractivity contribution in [1.82, 2.24) is 0 Å². The van der Waals surface area contributed by atoms with Crippen LogP contribution >= 0.6 is 22.6 Å². The molecule has 0 aliphatic heterocycles. The predicted molar refractivity (Wildman–Crippen MR) is 153 cm³/mol. The van der Waals surface area contributed by atoms with E-state index in [1.807, 2.05) is 0 Å². The molecule has 0 aliphatic rings. The van der Waals surface area contributed by atoms with Crippen molar-refractivity contribution in [3.8, 4) is 5.75 Å². The molecule has 0 heterocycles. The molecule has 2 rings (SSSR count). The summed E-state index contributed by atoms with van der Waals surface area (Å²) in [6.07, 6.45) is 23.4. The Hall–Kier alpha value is -1.03. The van der Waals surface area contributed by atoms with E-state index in [4.69, 9.17) is 4.74 Å². The van der Waals surface area contributed by atoms with E-state index in [0.717, 1.165) is 25.2 Å². The summed E-state index contributed by atoms with van der Waals surface area (Å²) in [7, 11) is 0. The molecule has 2 heteroatoms. The minimum absolute atomic E-state index is 0.837. The lowest BCUT2D eigenvalue weighted by Crippen LogP contribution is -1.99. The standard InChI is InChI=1S/C31H47IO/c1-2-3-4-5-6-7-8-9-10-11-12-13-14-15-16-20-25-33-30-23-24-31(32)29(27-30)26-28-21-18-17-19-22-28/h17-19,21-24,27H,2-16,20,25-26H2,1H3. The number of ether oxygens (including phenoxy) is 1. The van der Waals surface area contributed by atoms with Crippen LogP contribution < -0.4 is 4.74 Å². The van der Waals surface area contributed by atoms with E-state index in [1.54, 1.807) is 0 Å². The van der Waals surface area contributed by atoms with Gasteiger partial charge in [0.15, 0.2) is 0 Å². The number of halogens is 1. The molecule has 0 atom stereocenters.